The van der Waals surface area contributed by atoms with Gasteiger partial charge in [-0.05, 0) is 31.0 Å². The van der Waals surface area contributed by atoms with Gasteiger partial charge in [-0.3, -0.25) is 4.79 Å². The van der Waals surface area contributed by atoms with E-state index in [-0.39, 0.29) is 13.0 Å². The van der Waals surface area contributed by atoms with Crippen molar-refractivity contribution < 1.29 is 24.2 Å². The predicted molar refractivity (Wildman–Crippen MR) is 81.2 cm³/mol. The summed E-state index contributed by atoms with van der Waals surface area (Å²) in [6, 6.07) is 2.89. The average Bonchev–Trinajstić information content (AvgIpc) is 2.46. The van der Waals surface area contributed by atoms with Crippen LogP contribution in [0, 0.1) is 13.8 Å². The van der Waals surface area contributed by atoms with Gasteiger partial charge in [0.25, 0.3) is 0 Å². The third kappa shape index (κ3) is 4.47. The van der Waals surface area contributed by atoms with Crippen molar-refractivity contribution in [2.75, 3.05) is 26.0 Å². The predicted octanol–water partition coefficient (Wildman–Crippen LogP) is 2.03. The Labute approximate surface area is 128 Å². The molecule has 0 saturated carbocycles. The molecule has 7 nitrogen and oxygen atoms in total. The number of benzene rings is 1. The molecule has 0 radical (unpaired) electrons. The van der Waals surface area contributed by atoms with Crippen molar-refractivity contribution in [1.29, 1.82) is 0 Å². The van der Waals surface area contributed by atoms with Crippen molar-refractivity contribution in [1.82, 2.24) is 4.90 Å². The van der Waals surface area contributed by atoms with Crippen molar-refractivity contribution in [2.24, 2.45) is 0 Å². The summed E-state index contributed by atoms with van der Waals surface area (Å²) < 4.78 is 4.70. The third-order valence-corrected chi connectivity index (χ3v) is 3.23. The Kier molecular flexibility index (Phi) is 5.91. The lowest BCUT2D eigenvalue weighted by molar-refractivity contribution is -0.137. The molecule has 2 amide bonds. The van der Waals surface area contributed by atoms with Crippen molar-refractivity contribution in [2.45, 2.75) is 20.3 Å². The number of aryl methyl sites for hydroxylation is 2. The van der Waals surface area contributed by atoms with Crippen LogP contribution in [-0.2, 0) is 9.53 Å². The van der Waals surface area contributed by atoms with E-state index in [1.807, 2.05) is 0 Å². The van der Waals surface area contributed by atoms with Crippen molar-refractivity contribution in [3.05, 3.63) is 28.8 Å². The number of carboxylic acid groups (broad SMARTS) is 1. The summed E-state index contributed by atoms with van der Waals surface area (Å²) in [7, 11) is 2.79. The summed E-state index contributed by atoms with van der Waals surface area (Å²) in [5.74, 6) is -1.45. The largest absolute Gasteiger partial charge is 0.481 e. The second-order valence-electron chi connectivity index (χ2n) is 4.97. The lowest BCUT2D eigenvalue weighted by atomic mass is 10.0. The molecule has 0 saturated heterocycles. The van der Waals surface area contributed by atoms with Gasteiger partial charge in [0.2, 0.25) is 0 Å². The van der Waals surface area contributed by atoms with E-state index >= 15 is 0 Å². The molecule has 120 valence electrons. The second kappa shape index (κ2) is 7.44. The summed E-state index contributed by atoms with van der Waals surface area (Å²) in [5, 5.41) is 11.3. The Bertz CT molecular complexity index is 598. The number of carbonyl (C=O) groups excluding carboxylic acids is 2. The van der Waals surface area contributed by atoms with Crippen LogP contribution in [0.1, 0.15) is 27.9 Å². The number of urea groups is 1. The fourth-order valence-corrected chi connectivity index (χ4v) is 1.89. The molecule has 7 heteroatoms. The van der Waals surface area contributed by atoms with Gasteiger partial charge in [0.05, 0.1) is 19.1 Å². The highest BCUT2D eigenvalue weighted by molar-refractivity contribution is 5.95. The molecule has 0 unspecified atom stereocenters. The molecule has 0 bridgehead atoms. The van der Waals surface area contributed by atoms with E-state index in [1.54, 1.807) is 26.0 Å². The molecule has 0 aliphatic carbocycles. The first-order chi connectivity index (χ1) is 10.3. The molecule has 0 atom stereocenters. The number of nitrogens with one attached hydrogen (secondary N) is 1. The third-order valence-electron chi connectivity index (χ3n) is 3.23. The van der Waals surface area contributed by atoms with Crippen LogP contribution in [-0.4, -0.2) is 48.7 Å². The van der Waals surface area contributed by atoms with Gasteiger partial charge >= 0.3 is 18.0 Å². The lowest BCUT2D eigenvalue weighted by Crippen LogP contribution is -2.33. The Morgan fingerprint density at radius 2 is 1.86 bits per heavy atom. The fourth-order valence-electron chi connectivity index (χ4n) is 1.89. The SMILES string of the molecule is COC(=O)c1cc(NC(=O)N(C)CCC(=O)O)c(C)cc1C. The number of amides is 2. The van der Waals surface area contributed by atoms with Crippen molar-refractivity contribution >= 4 is 23.7 Å². The standard InChI is InChI=1S/C15H20N2O5/c1-9-7-10(2)12(8-11(9)14(20)22-4)16-15(21)17(3)6-5-13(18)19/h7-8H,5-6H2,1-4H3,(H,16,21)(H,18,19). The molecule has 22 heavy (non-hydrogen) atoms. The van der Waals surface area contributed by atoms with E-state index in [0.717, 1.165) is 11.1 Å². The van der Waals surface area contributed by atoms with Gasteiger partial charge in [-0.15, -0.1) is 0 Å². The number of methoxy groups -OCH3 is 1. The first-order valence-electron chi connectivity index (χ1n) is 6.69. The minimum atomic E-state index is -0.973. The van der Waals surface area contributed by atoms with Gasteiger partial charge in [-0.25, -0.2) is 9.59 Å². The van der Waals surface area contributed by atoms with Gasteiger partial charge < -0.3 is 20.1 Å². The molecular weight excluding hydrogens is 288 g/mol. The van der Waals surface area contributed by atoms with E-state index in [1.165, 1.54) is 19.1 Å². The molecule has 1 aromatic rings. The van der Waals surface area contributed by atoms with E-state index in [9.17, 15) is 14.4 Å². The number of carboxylic acids is 1. The molecule has 2 N–H and O–H groups in total. The number of hydrogen-bond donors (Lipinski definition) is 2. The summed E-state index contributed by atoms with van der Waals surface area (Å²) in [6.45, 7) is 3.68. The number of aliphatic carboxylic acids is 1. The first kappa shape index (κ1) is 17.5. The zero-order valence-electron chi connectivity index (χ0n) is 13.1. The molecule has 1 aromatic carbocycles. The van der Waals surface area contributed by atoms with Gasteiger partial charge in [0, 0.05) is 19.3 Å². The van der Waals surface area contributed by atoms with E-state index in [2.05, 4.69) is 5.32 Å². The zero-order chi connectivity index (χ0) is 16.9. The van der Waals surface area contributed by atoms with Gasteiger partial charge in [-0.2, -0.15) is 0 Å². The number of ether oxygens (including phenoxy) is 1. The van der Waals surface area contributed by atoms with Crippen LogP contribution in [0.2, 0.25) is 0 Å². The first-order valence-corrected chi connectivity index (χ1v) is 6.69. The molecule has 0 aliphatic heterocycles. The monoisotopic (exact) mass is 308 g/mol. The fraction of sp³-hybridized carbons (Fsp3) is 0.400. The molecule has 0 fully saturated rings. The van der Waals surface area contributed by atoms with Crippen molar-refractivity contribution in [3.63, 3.8) is 0 Å². The van der Waals surface area contributed by atoms with Crippen LogP contribution in [0.25, 0.3) is 0 Å². The summed E-state index contributed by atoms with van der Waals surface area (Å²) in [6.07, 6.45) is -0.135. The Morgan fingerprint density at radius 3 is 2.41 bits per heavy atom. The number of anilines is 1. The average molecular weight is 308 g/mol. The van der Waals surface area contributed by atoms with Crippen LogP contribution in [0.15, 0.2) is 12.1 Å². The van der Waals surface area contributed by atoms with E-state index in [4.69, 9.17) is 9.84 Å². The quantitative estimate of drug-likeness (QED) is 0.811. The smallest absolute Gasteiger partial charge is 0.338 e. The van der Waals surface area contributed by atoms with Crippen LogP contribution in [0.3, 0.4) is 0 Å². The zero-order valence-corrected chi connectivity index (χ0v) is 13.1. The van der Waals surface area contributed by atoms with Crippen LogP contribution >= 0.6 is 0 Å². The maximum Gasteiger partial charge on any atom is 0.338 e. The van der Waals surface area contributed by atoms with Crippen LogP contribution in [0.5, 0.6) is 0 Å². The van der Waals surface area contributed by atoms with E-state index < -0.39 is 18.0 Å². The summed E-state index contributed by atoms with van der Waals surface area (Å²) >= 11 is 0. The number of hydrogen-bond acceptors (Lipinski definition) is 4. The van der Waals surface area contributed by atoms with Gasteiger partial charge in [0.1, 0.15) is 0 Å². The van der Waals surface area contributed by atoms with Crippen LogP contribution in [0.4, 0.5) is 10.5 Å². The van der Waals surface area contributed by atoms with Crippen LogP contribution < -0.4 is 5.32 Å². The van der Waals surface area contributed by atoms with Gasteiger partial charge in [0.15, 0.2) is 0 Å². The minimum absolute atomic E-state index is 0.0932. The normalized spacial score (nSPS) is 10.0. The topological polar surface area (TPSA) is 95.9 Å². The Morgan fingerprint density at radius 1 is 1.23 bits per heavy atom. The molecule has 0 aliphatic rings. The number of rotatable bonds is 5. The molecule has 0 heterocycles. The Balaban J connectivity index is 2.90. The molecule has 0 spiro atoms. The summed E-state index contributed by atoms with van der Waals surface area (Å²) in [5.41, 5.74) is 2.40. The van der Waals surface area contributed by atoms with E-state index in [0.29, 0.717) is 11.3 Å². The Hall–Kier alpha value is -2.57. The molecular formula is C15H20N2O5. The minimum Gasteiger partial charge on any atom is -0.481 e. The molecule has 1 rings (SSSR count). The molecule has 0 aromatic heterocycles. The lowest BCUT2D eigenvalue weighted by Gasteiger charge is -2.18. The highest BCUT2D eigenvalue weighted by Gasteiger charge is 2.15. The highest BCUT2D eigenvalue weighted by Crippen LogP contribution is 2.21. The van der Waals surface area contributed by atoms with Gasteiger partial charge in [-0.1, -0.05) is 6.07 Å². The number of esters is 1. The second-order valence-corrected chi connectivity index (χ2v) is 4.97. The number of nitrogens with zero attached hydrogens (tertiary/aromatic N) is 1. The maximum absolute atomic E-state index is 12.0. The maximum atomic E-state index is 12.0. The highest BCUT2D eigenvalue weighted by atomic mass is 16.5. The number of carbonyl (C=O) groups is 3. The summed E-state index contributed by atoms with van der Waals surface area (Å²) in [4.78, 5) is 35.5. The van der Waals surface area contributed by atoms with Crippen molar-refractivity contribution in [3.8, 4) is 0 Å².